The largest absolute Gasteiger partial charge is 0.469 e. The van der Waals surface area contributed by atoms with Crippen LogP contribution in [0, 0.1) is 5.92 Å². The predicted molar refractivity (Wildman–Crippen MR) is 49.0 cm³/mol. The van der Waals surface area contributed by atoms with E-state index in [1.165, 1.54) is 13.5 Å². The van der Waals surface area contributed by atoms with E-state index in [0.29, 0.717) is 6.54 Å². The first-order chi connectivity index (χ1) is 5.72. The Balaban J connectivity index is 3.31. The number of hydrogen-bond donors (Lipinski definition) is 1. The van der Waals surface area contributed by atoms with Crippen molar-refractivity contribution < 1.29 is 9.53 Å². The van der Waals surface area contributed by atoms with Crippen LogP contribution in [0.5, 0.6) is 0 Å². The average Bonchev–Trinajstić information content (AvgIpc) is 2.10. The van der Waals surface area contributed by atoms with Crippen molar-refractivity contribution in [2.45, 2.75) is 26.7 Å². The van der Waals surface area contributed by atoms with E-state index in [0.717, 1.165) is 13.0 Å². The minimum absolute atomic E-state index is 0.0353. The summed E-state index contributed by atoms with van der Waals surface area (Å²) in [6.45, 7) is 5.71. The summed E-state index contributed by atoms with van der Waals surface area (Å²) in [6.07, 6.45) is 2.34. The van der Waals surface area contributed by atoms with E-state index in [1.54, 1.807) is 0 Å². The summed E-state index contributed by atoms with van der Waals surface area (Å²) in [6, 6.07) is 0. The first-order valence-electron chi connectivity index (χ1n) is 4.50. The van der Waals surface area contributed by atoms with Crippen LogP contribution in [0.2, 0.25) is 0 Å². The Morgan fingerprint density at radius 1 is 1.58 bits per heavy atom. The molecule has 3 heteroatoms. The molecule has 1 atom stereocenters. The Morgan fingerprint density at radius 2 is 2.25 bits per heavy atom. The van der Waals surface area contributed by atoms with Crippen molar-refractivity contribution in [3.05, 3.63) is 0 Å². The van der Waals surface area contributed by atoms with Crippen molar-refractivity contribution in [2.24, 2.45) is 5.92 Å². The predicted octanol–water partition coefficient (Wildman–Crippen LogP) is 1.19. The zero-order valence-electron chi connectivity index (χ0n) is 8.22. The molecule has 0 fully saturated rings. The number of unbranched alkanes of at least 4 members (excludes halogenated alkanes) is 1. The lowest BCUT2D eigenvalue weighted by Gasteiger charge is -2.09. The van der Waals surface area contributed by atoms with Gasteiger partial charge in [0.15, 0.2) is 0 Å². The summed E-state index contributed by atoms with van der Waals surface area (Å²) in [5.74, 6) is -0.175. The fourth-order valence-corrected chi connectivity index (χ4v) is 0.905. The van der Waals surface area contributed by atoms with E-state index < -0.39 is 0 Å². The van der Waals surface area contributed by atoms with Crippen LogP contribution in [0.15, 0.2) is 0 Å². The van der Waals surface area contributed by atoms with Gasteiger partial charge in [0.05, 0.1) is 13.0 Å². The molecule has 0 aromatic heterocycles. The minimum Gasteiger partial charge on any atom is -0.469 e. The molecule has 0 aromatic carbocycles. The van der Waals surface area contributed by atoms with E-state index in [-0.39, 0.29) is 11.9 Å². The van der Waals surface area contributed by atoms with Gasteiger partial charge in [0.25, 0.3) is 0 Å². The smallest absolute Gasteiger partial charge is 0.309 e. The number of carbonyl (C=O) groups is 1. The van der Waals surface area contributed by atoms with Crippen LogP contribution in [-0.2, 0) is 9.53 Å². The molecule has 0 saturated heterocycles. The van der Waals surface area contributed by atoms with Crippen molar-refractivity contribution in [1.29, 1.82) is 0 Å². The zero-order chi connectivity index (χ0) is 9.40. The molecule has 0 aliphatic rings. The molecule has 0 bridgehead atoms. The Kier molecular flexibility index (Phi) is 6.76. The van der Waals surface area contributed by atoms with E-state index in [1.807, 2.05) is 6.92 Å². The third-order valence-electron chi connectivity index (χ3n) is 1.76. The molecule has 12 heavy (non-hydrogen) atoms. The Labute approximate surface area is 74.5 Å². The van der Waals surface area contributed by atoms with Gasteiger partial charge < -0.3 is 10.1 Å². The fraction of sp³-hybridized carbons (Fsp3) is 0.889. The van der Waals surface area contributed by atoms with Gasteiger partial charge in [-0.2, -0.15) is 0 Å². The topological polar surface area (TPSA) is 38.3 Å². The lowest BCUT2D eigenvalue weighted by atomic mass is 10.2. The summed E-state index contributed by atoms with van der Waals surface area (Å²) in [5, 5.41) is 3.20. The molecule has 1 N–H and O–H groups in total. The normalized spacial score (nSPS) is 12.6. The molecule has 0 aliphatic heterocycles. The van der Waals surface area contributed by atoms with Crippen LogP contribution in [-0.4, -0.2) is 26.2 Å². The SMILES string of the molecule is CCCCNC[C@H](C)C(=O)OC. The second-order valence-corrected chi connectivity index (χ2v) is 2.98. The van der Waals surface area contributed by atoms with Crippen LogP contribution >= 0.6 is 0 Å². The number of rotatable bonds is 6. The Morgan fingerprint density at radius 3 is 2.75 bits per heavy atom. The monoisotopic (exact) mass is 173 g/mol. The molecular weight excluding hydrogens is 154 g/mol. The molecule has 0 heterocycles. The first kappa shape index (κ1) is 11.4. The molecule has 0 saturated carbocycles. The standard InChI is InChI=1S/C9H19NO2/c1-4-5-6-10-7-8(2)9(11)12-3/h8,10H,4-7H2,1-3H3/t8-/m0/s1. The van der Waals surface area contributed by atoms with Gasteiger partial charge >= 0.3 is 5.97 Å². The van der Waals surface area contributed by atoms with Gasteiger partial charge in [0.2, 0.25) is 0 Å². The molecule has 72 valence electrons. The molecule has 0 radical (unpaired) electrons. The summed E-state index contributed by atoms with van der Waals surface area (Å²) >= 11 is 0. The van der Waals surface area contributed by atoms with Crippen LogP contribution in [0.25, 0.3) is 0 Å². The third kappa shape index (κ3) is 5.13. The Hall–Kier alpha value is -0.570. The molecule has 0 aromatic rings. The number of carbonyl (C=O) groups excluding carboxylic acids is 1. The van der Waals surface area contributed by atoms with E-state index >= 15 is 0 Å². The number of hydrogen-bond acceptors (Lipinski definition) is 3. The fourth-order valence-electron chi connectivity index (χ4n) is 0.905. The number of nitrogens with one attached hydrogen (secondary N) is 1. The molecule has 0 aliphatic carbocycles. The zero-order valence-corrected chi connectivity index (χ0v) is 8.22. The lowest BCUT2D eigenvalue weighted by molar-refractivity contribution is -0.144. The van der Waals surface area contributed by atoms with Crippen molar-refractivity contribution >= 4 is 5.97 Å². The average molecular weight is 173 g/mol. The van der Waals surface area contributed by atoms with Crippen LogP contribution in [0.3, 0.4) is 0 Å². The molecule has 0 rings (SSSR count). The highest BCUT2D eigenvalue weighted by molar-refractivity contribution is 5.71. The van der Waals surface area contributed by atoms with E-state index in [9.17, 15) is 4.79 Å². The number of esters is 1. The number of methoxy groups -OCH3 is 1. The van der Waals surface area contributed by atoms with Crippen LogP contribution in [0.1, 0.15) is 26.7 Å². The highest BCUT2D eigenvalue weighted by Gasteiger charge is 2.11. The van der Waals surface area contributed by atoms with Gasteiger partial charge in [-0.05, 0) is 13.0 Å². The maximum atomic E-state index is 10.9. The molecule has 0 unspecified atom stereocenters. The highest BCUT2D eigenvalue weighted by atomic mass is 16.5. The van der Waals surface area contributed by atoms with Crippen molar-refractivity contribution in [3.8, 4) is 0 Å². The van der Waals surface area contributed by atoms with Crippen molar-refractivity contribution in [2.75, 3.05) is 20.2 Å². The van der Waals surface area contributed by atoms with Gasteiger partial charge in [-0.1, -0.05) is 20.3 Å². The van der Waals surface area contributed by atoms with Crippen LogP contribution in [0.4, 0.5) is 0 Å². The molecule has 3 nitrogen and oxygen atoms in total. The highest BCUT2D eigenvalue weighted by Crippen LogP contribution is 1.95. The van der Waals surface area contributed by atoms with Gasteiger partial charge in [0, 0.05) is 6.54 Å². The lowest BCUT2D eigenvalue weighted by Crippen LogP contribution is -2.27. The van der Waals surface area contributed by atoms with Crippen molar-refractivity contribution in [1.82, 2.24) is 5.32 Å². The quantitative estimate of drug-likeness (QED) is 0.484. The van der Waals surface area contributed by atoms with Crippen LogP contribution < -0.4 is 5.32 Å². The van der Waals surface area contributed by atoms with Gasteiger partial charge in [-0.3, -0.25) is 4.79 Å². The molecule has 0 amide bonds. The molecule has 0 spiro atoms. The first-order valence-corrected chi connectivity index (χ1v) is 4.50. The minimum atomic E-state index is -0.140. The second-order valence-electron chi connectivity index (χ2n) is 2.98. The van der Waals surface area contributed by atoms with E-state index in [4.69, 9.17) is 0 Å². The molecular formula is C9H19NO2. The maximum absolute atomic E-state index is 10.9. The maximum Gasteiger partial charge on any atom is 0.309 e. The third-order valence-corrected chi connectivity index (χ3v) is 1.76. The van der Waals surface area contributed by atoms with Crippen molar-refractivity contribution in [3.63, 3.8) is 0 Å². The summed E-state index contributed by atoms with van der Waals surface area (Å²) < 4.78 is 4.59. The van der Waals surface area contributed by atoms with E-state index in [2.05, 4.69) is 17.0 Å². The van der Waals surface area contributed by atoms with Gasteiger partial charge in [-0.15, -0.1) is 0 Å². The van der Waals surface area contributed by atoms with Gasteiger partial charge in [-0.25, -0.2) is 0 Å². The summed E-state index contributed by atoms with van der Waals surface area (Å²) in [5.41, 5.74) is 0. The second kappa shape index (κ2) is 7.10. The summed E-state index contributed by atoms with van der Waals surface area (Å²) in [7, 11) is 1.42. The number of ether oxygens (including phenoxy) is 1. The summed E-state index contributed by atoms with van der Waals surface area (Å²) in [4.78, 5) is 10.9. The van der Waals surface area contributed by atoms with Gasteiger partial charge in [0.1, 0.15) is 0 Å². The Bertz CT molecular complexity index is 126.